The van der Waals surface area contributed by atoms with Crippen LogP contribution in [0.15, 0.2) is 71.3 Å². The molecule has 3 aromatic rings. The zero-order valence-electron chi connectivity index (χ0n) is 19.4. The zero-order chi connectivity index (χ0) is 24.2. The monoisotopic (exact) mass is 464 g/mol. The largest absolute Gasteiger partial charge is 0.457 e. The predicted octanol–water partition coefficient (Wildman–Crippen LogP) is 3.01. The number of aryl methyl sites for hydroxylation is 1. The van der Waals surface area contributed by atoms with Crippen molar-refractivity contribution in [3.05, 3.63) is 83.6 Å². The molecule has 0 aliphatic carbocycles. The maximum absolute atomic E-state index is 13.3. The van der Waals surface area contributed by atoms with Crippen LogP contribution in [-0.4, -0.2) is 59.4 Å². The number of amides is 1. The summed E-state index contributed by atoms with van der Waals surface area (Å²) in [5, 5.41) is 18.1. The van der Waals surface area contributed by atoms with Crippen LogP contribution in [0.1, 0.15) is 29.7 Å². The molecule has 2 N–H and O–H groups in total. The summed E-state index contributed by atoms with van der Waals surface area (Å²) in [6.07, 6.45) is 1.73. The number of benzene rings is 2. The molecule has 1 amide bonds. The van der Waals surface area contributed by atoms with E-state index in [1.165, 1.54) is 0 Å². The number of hydrogen-bond acceptors (Lipinski definition) is 6. The minimum atomic E-state index is -1.92. The van der Waals surface area contributed by atoms with Crippen molar-refractivity contribution in [1.29, 1.82) is 0 Å². The Bertz CT molecular complexity index is 1090. The van der Waals surface area contributed by atoms with Gasteiger partial charge in [-0.3, -0.25) is 4.79 Å². The van der Waals surface area contributed by atoms with Gasteiger partial charge in [0, 0.05) is 18.9 Å². The zero-order valence-corrected chi connectivity index (χ0v) is 19.4. The molecule has 1 unspecified atom stereocenters. The van der Waals surface area contributed by atoms with Crippen LogP contribution in [-0.2, 0) is 19.9 Å². The molecule has 0 spiro atoms. The second kappa shape index (κ2) is 9.79. The number of carbonyl (C=O) groups excluding carboxylic acids is 2. The molecule has 1 fully saturated rings. The number of rotatable bonds is 8. The molecule has 178 valence electrons. The summed E-state index contributed by atoms with van der Waals surface area (Å²) in [6, 6.07) is 19.2. The number of anilines is 1. The maximum Gasteiger partial charge on any atom is 0.347 e. The van der Waals surface area contributed by atoms with Crippen LogP contribution < -0.4 is 5.32 Å². The molecule has 0 bridgehead atoms. The van der Waals surface area contributed by atoms with Gasteiger partial charge in [0.1, 0.15) is 18.4 Å². The molecule has 1 aliphatic rings. The number of aromatic nitrogens is 1. The van der Waals surface area contributed by atoms with Gasteiger partial charge >= 0.3 is 5.97 Å². The third-order valence-corrected chi connectivity index (χ3v) is 6.57. The molecule has 1 aromatic heterocycles. The van der Waals surface area contributed by atoms with Crippen molar-refractivity contribution in [2.24, 2.45) is 0 Å². The molecule has 2 heterocycles. The Hall–Kier alpha value is -3.49. The number of likely N-dealkylation sites (tertiary alicyclic amines) is 1. The fourth-order valence-corrected chi connectivity index (χ4v) is 4.63. The van der Waals surface area contributed by atoms with E-state index >= 15 is 0 Å². The Balaban J connectivity index is 1.46. The van der Waals surface area contributed by atoms with E-state index in [0.717, 1.165) is 19.4 Å². The Labute approximate surface area is 198 Å². The average Bonchev–Trinajstić information content (AvgIpc) is 3.42. The Kier molecular flexibility index (Phi) is 6.81. The molecule has 8 heteroatoms. The highest BCUT2D eigenvalue weighted by molar-refractivity contribution is 5.90. The van der Waals surface area contributed by atoms with E-state index in [1.54, 1.807) is 61.5 Å². The quantitative estimate of drug-likeness (QED) is 0.393. The molecular formula is C26H30N3O5+. The summed E-state index contributed by atoms with van der Waals surface area (Å²) in [6.45, 7) is 2.87. The lowest BCUT2D eigenvalue weighted by molar-refractivity contribution is -0.913. The molecule has 8 nitrogen and oxygen atoms in total. The van der Waals surface area contributed by atoms with Crippen molar-refractivity contribution >= 4 is 17.7 Å². The minimum absolute atomic E-state index is 0.0652. The maximum atomic E-state index is 13.3. The number of carbonyl (C=O) groups is 2. The van der Waals surface area contributed by atoms with Crippen LogP contribution in [0, 0.1) is 6.92 Å². The van der Waals surface area contributed by atoms with Crippen molar-refractivity contribution < 1.29 is 28.4 Å². The van der Waals surface area contributed by atoms with Gasteiger partial charge in [0.15, 0.2) is 12.4 Å². The number of esters is 1. The van der Waals surface area contributed by atoms with Crippen LogP contribution >= 0.6 is 0 Å². The summed E-state index contributed by atoms with van der Waals surface area (Å²) in [4.78, 5) is 26.0. The Morgan fingerprint density at radius 2 is 1.76 bits per heavy atom. The number of nitrogens with zero attached hydrogens (tertiary/aromatic N) is 2. The van der Waals surface area contributed by atoms with Gasteiger partial charge in [-0.1, -0.05) is 65.8 Å². The molecule has 1 saturated heterocycles. The van der Waals surface area contributed by atoms with Gasteiger partial charge in [-0.2, -0.15) is 0 Å². The third-order valence-electron chi connectivity index (χ3n) is 6.57. The first-order valence-electron chi connectivity index (χ1n) is 11.4. The van der Waals surface area contributed by atoms with E-state index in [-0.39, 0.29) is 25.1 Å². The Morgan fingerprint density at radius 1 is 1.15 bits per heavy atom. The van der Waals surface area contributed by atoms with Gasteiger partial charge in [0.2, 0.25) is 5.60 Å². The first-order chi connectivity index (χ1) is 16.3. The molecule has 4 rings (SSSR count). The minimum Gasteiger partial charge on any atom is -0.457 e. The van der Waals surface area contributed by atoms with Gasteiger partial charge in [-0.15, -0.1) is 0 Å². The van der Waals surface area contributed by atoms with Crippen LogP contribution in [0.5, 0.6) is 0 Å². The first kappa shape index (κ1) is 23.7. The standard InChI is InChI=1S/C26H29N3O5/c1-19-16-23(28-34-19)27-24(30)17-29(2)15-9-14-22(29)18-33-25(31)26(32,20-10-5-3-6-11-20)21-12-7-4-8-13-21/h3-8,10-13,16,22,32H,9,14-15,17-18H2,1-2H3/p+1/t22-,29?/m1/s1. The molecule has 0 radical (unpaired) electrons. The number of quaternary nitrogens is 1. The summed E-state index contributed by atoms with van der Waals surface area (Å²) in [5.41, 5.74) is -1.04. The lowest BCUT2D eigenvalue weighted by atomic mass is 9.86. The van der Waals surface area contributed by atoms with E-state index in [0.29, 0.717) is 27.2 Å². The number of nitrogens with one attached hydrogen (secondary N) is 1. The van der Waals surface area contributed by atoms with E-state index in [1.807, 2.05) is 19.2 Å². The van der Waals surface area contributed by atoms with Crippen LogP contribution in [0.4, 0.5) is 5.82 Å². The van der Waals surface area contributed by atoms with Crippen molar-refractivity contribution in [2.45, 2.75) is 31.4 Å². The topological polar surface area (TPSA) is 102 Å². The highest BCUT2D eigenvalue weighted by Crippen LogP contribution is 2.32. The molecular weight excluding hydrogens is 434 g/mol. The number of ether oxygens (including phenoxy) is 1. The van der Waals surface area contributed by atoms with E-state index < -0.39 is 11.6 Å². The van der Waals surface area contributed by atoms with Gasteiger partial charge in [0.05, 0.1) is 13.6 Å². The van der Waals surface area contributed by atoms with Crippen LogP contribution in [0.25, 0.3) is 0 Å². The van der Waals surface area contributed by atoms with E-state index in [4.69, 9.17) is 9.26 Å². The number of likely N-dealkylation sites (N-methyl/N-ethyl adjacent to an activating group) is 1. The highest BCUT2D eigenvalue weighted by atomic mass is 16.6. The van der Waals surface area contributed by atoms with Gasteiger partial charge < -0.3 is 24.2 Å². The average molecular weight is 465 g/mol. The highest BCUT2D eigenvalue weighted by Gasteiger charge is 2.45. The molecule has 0 saturated carbocycles. The van der Waals surface area contributed by atoms with E-state index in [2.05, 4.69) is 10.5 Å². The van der Waals surface area contributed by atoms with E-state index in [9.17, 15) is 14.7 Å². The van der Waals surface area contributed by atoms with Gasteiger partial charge in [-0.25, -0.2) is 4.79 Å². The molecule has 2 aromatic carbocycles. The van der Waals surface area contributed by atoms with Crippen molar-refractivity contribution in [3.63, 3.8) is 0 Å². The van der Waals surface area contributed by atoms with Gasteiger partial charge in [-0.05, 0) is 18.1 Å². The lowest BCUT2D eigenvalue weighted by Crippen LogP contribution is -2.54. The third kappa shape index (κ3) is 4.88. The predicted molar refractivity (Wildman–Crippen MR) is 126 cm³/mol. The lowest BCUT2D eigenvalue weighted by Gasteiger charge is -2.35. The summed E-state index contributed by atoms with van der Waals surface area (Å²) < 4.78 is 11.2. The van der Waals surface area contributed by atoms with Crippen molar-refractivity contribution in [3.8, 4) is 0 Å². The molecule has 34 heavy (non-hydrogen) atoms. The van der Waals surface area contributed by atoms with Gasteiger partial charge in [0.25, 0.3) is 5.91 Å². The number of hydrogen-bond donors (Lipinski definition) is 2. The molecule has 1 aliphatic heterocycles. The second-order valence-electron chi connectivity index (χ2n) is 9.07. The van der Waals surface area contributed by atoms with Crippen LogP contribution in [0.2, 0.25) is 0 Å². The Morgan fingerprint density at radius 3 is 2.32 bits per heavy atom. The van der Waals surface area contributed by atoms with Crippen LogP contribution in [0.3, 0.4) is 0 Å². The normalized spacial score (nSPS) is 20.1. The summed E-state index contributed by atoms with van der Waals surface area (Å²) >= 11 is 0. The SMILES string of the molecule is Cc1cc(NC(=O)C[N+]2(C)CCC[C@@H]2COC(=O)C(O)(c2ccccc2)c2ccccc2)no1. The van der Waals surface area contributed by atoms with Crippen molar-refractivity contribution in [1.82, 2.24) is 5.16 Å². The fourth-order valence-electron chi connectivity index (χ4n) is 4.63. The second-order valence-corrected chi connectivity index (χ2v) is 9.07. The number of aliphatic hydroxyl groups is 1. The van der Waals surface area contributed by atoms with Crippen molar-refractivity contribution in [2.75, 3.05) is 32.1 Å². The smallest absolute Gasteiger partial charge is 0.347 e. The fraction of sp³-hybridized carbons (Fsp3) is 0.346. The summed E-state index contributed by atoms with van der Waals surface area (Å²) in [7, 11) is 1.99. The summed E-state index contributed by atoms with van der Waals surface area (Å²) in [5.74, 6) is 0.0861. The first-order valence-corrected chi connectivity index (χ1v) is 11.4. The molecule has 2 atom stereocenters.